The smallest absolute Gasteiger partial charge is 0.276 e. The van der Waals surface area contributed by atoms with Crippen LogP contribution in [0.2, 0.25) is 10.0 Å². The molecule has 0 saturated carbocycles. The monoisotopic (exact) mass is 300 g/mol. The molecule has 1 aromatic rings. The van der Waals surface area contributed by atoms with E-state index < -0.39 is 0 Å². The molecule has 3 nitrogen and oxygen atoms in total. The lowest BCUT2D eigenvalue weighted by Crippen LogP contribution is -2.30. The van der Waals surface area contributed by atoms with Gasteiger partial charge in [0.25, 0.3) is 5.91 Å². The van der Waals surface area contributed by atoms with Gasteiger partial charge in [0.2, 0.25) is 0 Å². The molecule has 0 radical (unpaired) electrons. The van der Waals surface area contributed by atoms with Gasteiger partial charge in [-0.2, -0.15) is 0 Å². The van der Waals surface area contributed by atoms with Crippen molar-refractivity contribution in [1.29, 1.82) is 0 Å². The van der Waals surface area contributed by atoms with Crippen LogP contribution in [-0.4, -0.2) is 22.5 Å². The van der Waals surface area contributed by atoms with Crippen LogP contribution in [0.1, 0.15) is 12.5 Å². The number of carbonyl (C=O) groups excluding carboxylic acids is 1. The van der Waals surface area contributed by atoms with Crippen LogP contribution in [0.4, 0.5) is 0 Å². The van der Waals surface area contributed by atoms with Crippen molar-refractivity contribution in [2.75, 3.05) is 6.54 Å². The van der Waals surface area contributed by atoms with Gasteiger partial charge in [-0.05, 0) is 42.9 Å². The van der Waals surface area contributed by atoms with Gasteiger partial charge in [-0.3, -0.25) is 9.69 Å². The van der Waals surface area contributed by atoms with E-state index in [0.717, 1.165) is 5.56 Å². The molecule has 1 amide bonds. The van der Waals surface area contributed by atoms with Crippen LogP contribution in [0, 0.1) is 0 Å². The minimum absolute atomic E-state index is 0.131. The highest BCUT2D eigenvalue weighted by molar-refractivity contribution is 7.80. The van der Waals surface area contributed by atoms with Gasteiger partial charge < -0.3 is 5.32 Å². The summed E-state index contributed by atoms with van der Waals surface area (Å²) in [6.45, 7) is 2.41. The van der Waals surface area contributed by atoms with E-state index in [4.69, 9.17) is 35.4 Å². The third-order valence-corrected chi connectivity index (χ3v) is 3.59. The van der Waals surface area contributed by atoms with Gasteiger partial charge in [0.1, 0.15) is 5.70 Å². The standard InChI is InChI=1S/C12H10Cl2N2OS/c1-2-16-11(17)10(15-12(16)18)6-7-3-4-8(13)9(14)5-7/h3-6H,2H2,1H3,(H,15,18)/b10-6-. The van der Waals surface area contributed by atoms with Gasteiger partial charge in [0.05, 0.1) is 10.0 Å². The predicted molar refractivity (Wildman–Crippen MR) is 77.6 cm³/mol. The molecule has 0 spiro atoms. The molecule has 1 N–H and O–H groups in total. The van der Waals surface area contributed by atoms with Gasteiger partial charge in [-0.1, -0.05) is 29.3 Å². The first-order valence-electron chi connectivity index (χ1n) is 5.32. The average molecular weight is 301 g/mol. The second-order valence-electron chi connectivity index (χ2n) is 3.71. The summed E-state index contributed by atoms with van der Waals surface area (Å²) in [7, 11) is 0. The molecule has 6 heteroatoms. The topological polar surface area (TPSA) is 32.3 Å². The minimum Gasteiger partial charge on any atom is -0.328 e. The Kier molecular flexibility index (Phi) is 3.90. The molecule has 0 aromatic heterocycles. The third kappa shape index (κ3) is 2.51. The first-order valence-corrected chi connectivity index (χ1v) is 6.49. The maximum absolute atomic E-state index is 12.0. The second kappa shape index (κ2) is 5.26. The molecule has 0 aliphatic carbocycles. The number of carbonyl (C=O) groups is 1. The van der Waals surface area contributed by atoms with E-state index in [1.54, 1.807) is 24.3 Å². The average Bonchev–Trinajstić information content (AvgIpc) is 2.59. The number of halogens is 2. The van der Waals surface area contributed by atoms with Gasteiger partial charge >= 0.3 is 0 Å². The Hall–Kier alpha value is -1.10. The van der Waals surface area contributed by atoms with Gasteiger partial charge in [0, 0.05) is 6.54 Å². The lowest BCUT2D eigenvalue weighted by Gasteiger charge is -2.08. The molecule has 1 fully saturated rings. The normalized spacial score (nSPS) is 17.5. The molecule has 1 aliphatic heterocycles. The van der Waals surface area contributed by atoms with Crippen LogP contribution < -0.4 is 5.32 Å². The summed E-state index contributed by atoms with van der Waals surface area (Å²) < 4.78 is 0. The molecule has 0 unspecified atom stereocenters. The lowest BCUT2D eigenvalue weighted by atomic mass is 10.2. The third-order valence-electron chi connectivity index (χ3n) is 2.53. The minimum atomic E-state index is -0.131. The molecular weight excluding hydrogens is 291 g/mol. The number of likely N-dealkylation sites (N-methyl/N-ethyl adjacent to an activating group) is 1. The van der Waals surface area contributed by atoms with Gasteiger partial charge in [-0.15, -0.1) is 0 Å². The van der Waals surface area contributed by atoms with E-state index in [2.05, 4.69) is 5.32 Å². The van der Waals surface area contributed by atoms with Crippen LogP contribution >= 0.6 is 35.4 Å². The number of hydrogen-bond donors (Lipinski definition) is 1. The fourth-order valence-electron chi connectivity index (χ4n) is 1.63. The number of nitrogens with one attached hydrogen (secondary N) is 1. The van der Waals surface area contributed by atoms with Crippen molar-refractivity contribution in [3.8, 4) is 0 Å². The van der Waals surface area contributed by atoms with Gasteiger partial charge in [0.15, 0.2) is 5.11 Å². The summed E-state index contributed by atoms with van der Waals surface area (Å²) in [6.07, 6.45) is 1.70. The first kappa shape index (κ1) is 13.3. The Morgan fingerprint density at radius 3 is 2.67 bits per heavy atom. The first-order chi connectivity index (χ1) is 8.52. The quantitative estimate of drug-likeness (QED) is 0.673. The number of rotatable bonds is 2. The molecular formula is C12H10Cl2N2OS. The molecule has 1 aromatic carbocycles. The largest absolute Gasteiger partial charge is 0.328 e. The highest BCUT2D eigenvalue weighted by Gasteiger charge is 2.28. The molecule has 18 heavy (non-hydrogen) atoms. The van der Waals surface area contributed by atoms with Crippen molar-refractivity contribution in [1.82, 2.24) is 10.2 Å². The number of thiocarbonyl (C=S) groups is 1. The SMILES string of the molecule is CCN1C(=O)/C(=C/c2ccc(Cl)c(Cl)c2)NC1=S. The van der Waals surface area contributed by atoms with Crippen LogP contribution in [0.5, 0.6) is 0 Å². The fourth-order valence-corrected chi connectivity index (χ4v) is 2.26. The number of nitrogens with zero attached hydrogens (tertiary/aromatic N) is 1. The fraction of sp³-hybridized carbons (Fsp3) is 0.167. The van der Waals surface area contributed by atoms with Crippen molar-refractivity contribution >= 4 is 52.5 Å². The van der Waals surface area contributed by atoms with Crippen molar-refractivity contribution in [3.63, 3.8) is 0 Å². The Bertz CT molecular complexity index is 557. The zero-order chi connectivity index (χ0) is 13.3. The Morgan fingerprint density at radius 1 is 1.39 bits per heavy atom. The Morgan fingerprint density at radius 2 is 2.11 bits per heavy atom. The Labute approximate surface area is 120 Å². The molecule has 0 bridgehead atoms. The van der Waals surface area contributed by atoms with E-state index in [1.165, 1.54) is 4.90 Å². The molecule has 1 heterocycles. The van der Waals surface area contributed by atoms with Crippen molar-refractivity contribution in [2.45, 2.75) is 6.92 Å². The highest BCUT2D eigenvalue weighted by atomic mass is 35.5. The Balaban J connectivity index is 2.32. The van der Waals surface area contributed by atoms with E-state index in [-0.39, 0.29) is 5.91 Å². The van der Waals surface area contributed by atoms with E-state index in [1.807, 2.05) is 6.92 Å². The number of amides is 1. The number of hydrogen-bond acceptors (Lipinski definition) is 2. The summed E-state index contributed by atoms with van der Waals surface area (Å²) in [5.74, 6) is -0.131. The molecule has 0 atom stereocenters. The summed E-state index contributed by atoms with van der Waals surface area (Å²) in [5.41, 5.74) is 1.24. The van der Waals surface area contributed by atoms with Crippen LogP contribution in [0.15, 0.2) is 23.9 Å². The zero-order valence-corrected chi connectivity index (χ0v) is 11.9. The van der Waals surface area contributed by atoms with Gasteiger partial charge in [-0.25, -0.2) is 0 Å². The predicted octanol–water partition coefficient (Wildman–Crippen LogP) is 3.07. The zero-order valence-electron chi connectivity index (χ0n) is 9.54. The maximum Gasteiger partial charge on any atom is 0.276 e. The molecule has 2 rings (SSSR count). The summed E-state index contributed by atoms with van der Waals surface area (Å²) in [4.78, 5) is 13.5. The second-order valence-corrected chi connectivity index (χ2v) is 4.91. The maximum atomic E-state index is 12.0. The summed E-state index contributed by atoms with van der Waals surface area (Å²) in [6, 6.07) is 5.17. The molecule has 1 saturated heterocycles. The van der Waals surface area contributed by atoms with Crippen molar-refractivity contribution in [2.24, 2.45) is 0 Å². The number of benzene rings is 1. The van der Waals surface area contributed by atoms with Crippen LogP contribution in [-0.2, 0) is 4.79 Å². The summed E-state index contributed by atoms with van der Waals surface area (Å²) >= 11 is 16.8. The molecule has 1 aliphatic rings. The van der Waals surface area contributed by atoms with Crippen molar-refractivity contribution < 1.29 is 4.79 Å². The van der Waals surface area contributed by atoms with E-state index in [0.29, 0.717) is 27.4 Å². The van der Waals surface area contributed by atoms with E-state index >= 15 is 0 Å². The van der Waals surface area contributed by atoms with E-state index in [9.17, 15) is 4.79 Å². The highest BCUT2D eigenvalue weighted by Crippen LogP contribution is 2.24. The van der Waals surface area contributed by atoms with Crippen LogP contribution in [0.25, 0.3) is 6.08 Å². The van der Waals surface area contributed by atoms with Crippen molar-refractivity contribution in [3.05, 3.63) is 39.5 Å². The molecule has 94 valence electrons. The lowest BCUT2D eigenvalue weighted by molar-refractivity contribution is -0.122. The summed E-state index contributed by atoms with van der Waals surface area (Å²) in [5, 5.41) is 4.24. The van der Waals surface area contributed by atoms with Crippen LogP contribution in [0.3, 0.4) is 0 Å².